The summed E-state index contributed by atoms with van der Waals surface area (Å²) in [6, 6.07) is 10.6. The predicted molar refractivity (Wildman–Crippen MR) is 144 cm³/mol. The Morgan fingerprint density at radius 1 is 0.944 bits per heavy atom. The number of aromatic amines is 1. The summed E-state index contributed by atoms with van der Waals surface area (Å²) in [5, 5.41) is 18.7. The molecule has 2 fully saturated rings. The Labute approximate surface area is 213 Å². The van der Waals surface area contributed by atoms with Crippen molar-refractivity contribution in [2.24, 2.45) is 0 Å². The van der Waals surface area contributed by atoms with Crippen LogP contribution in [0.3, 0.4) is 0 Å². The molecule has 6 rings (SSSR count). The molecule has 2 atom stereocenters. The molecule has 4 N–H and O–H groups in total. The highest BCUT2D eigenvalue weighted by atomic mass is 15.3. The molecule has 2 aromatic heterocycles. The Morgan fingerprint density at radius 2 is 1.81 bits per heavy atom. The maximum absolute atomic E-state index is 5.14. The highest BCUT2D eigenvalue weighted by molar-refractivity contribution is 5.62. The largest absolute Gasteiger partial charge is 0.356 e. The van der Waals surface area contributed by atoms with Crippen molar-refractivity contribution in [3.63, 3.8) is 0 Å². The van der Waals surface area contributed by atoms with Crippen LogP contribution in [0.25, 0.3) is 11.3 Å². The second kappa shape index (κ2) is 11.0. The number of aromatic nitrogens is 4. The van der Waals surface area contributed by atoms with E-state index >= 15 is 0 Å². The Hall–Kier alpha value is -2.97. The van der Waals surface area contributed by atoms with Crippen LogP contribution < -0.4 is 20.9 Å². The third-order valence-corrected chi connectivity index (χ3v) is 7.88. The molecular weight excluding hydrogens is 448 g/mol. The molecule has 0 bridgehead atoms. The Kier molecular flexibility index (Phi) is 7.14. The minimum Gasteiger partial charge on any atom is -0.356 e. The minimum absolute atomic E-state index is 0.135. The molecule has 2 unspecified atom stereocenters. The molecule has 1 aromatic carbocycles. The monoisotopic (exact) mass is 486 g/mol. The fraction of sp³-hybridized carbons (Fsp3) is 0.536. The van der Waals surface area contributed by atoms with Crippen molar-refractivity contribution in [2.75, 3.05) is 29.9 Å². The third-order valence-electron chi connectivity index (χ3n) is 7.88. The average molecular weight is 487 g/mol. The van der Waals surface area contributed by atoms with E-state index in [1.54, 1.807) is 0 Å². The first kappa shape index (κ1) is 23.4. The van der Waals surface area contributed by atoms with Crippen LogP contribution >= 0.6 is 0 Å². The third kappa shape index (κ3) is 5.11. The highest BCUT2D eigenvalue weighted by Crippen LogP contribution is 2.32. The number of rotatable bonds is 7. The van der Waals surface area contributed by atoms with Gasteiger partial charge in [0.15, 0.2) is 0 Å². The molecule has 36 heavy (non-hydrogen) atoms. The molecule has 2 saturated heterocycles. The van der Waals surface area contributed by atoms with Crippen LogP contribution in [-0.2, 0) is 19.4 Å². The zero-order chi connectivity index (χ0) is 24.2. The Bertz CT molecular complexity index is 1140. The summed E-state index contributed by atoms with van der Waals surface area (Å²) >= 11 is 0. The molecule has 2 aliphatic heterocycles. The number of nitrogens with zero attached hydrogens (tertiary/aromatic N) is 4. The zero-order valence-electron chi connectivity index (χ0n) is 21.1. The maximum atomic E-state index is 5.14. The Morgan fingerprint density at radius 3 is 2.67 bits per heavy atom. The second-order valence-electron chi connectivity index (χ2n) is 10.4. The minimum atomic E-state index is 0.135. The van der Waals surface area contributed by atoms with Crippen molar-refractivity contribution in [1.29, 1.82) is 0 Å². The number of anilines is 2. The molecule has 0 spiro atoms. The number of piperidine rings is 1. The van der Waals surface area contributed by atoms with Gasteiger partial charge in [0, 0.05) is 30.8 Å². The fourth-order valence-electron chi connectivity index (χ4n) is 5.97. The average Bonchev–Trinajstić information content (AvgIpc) is 3.51. The SMILES string of the molecule is c1ccc(-c2[nH]ncc2CNC2NCCCC2Nc2nc3c(c(N4CCCCCC4)n2)CCC3)cc1. The van der Waals surface area contributed by atoms with Gasteiger partial charge < -0.3 is 15.5 Å². The summed E-state index contributed by atoms with van der Waals surface area (Å²) < 4.78 is 0. The molecule has 8 heteroatoms. The first-order valence-corrected chi connectivity index (χ1v) is 13.8. The first-order valence-electron chi connectivity index (χ1n) is 13.8. The van der Waals surface area contributed by atoms with Gasteiger partial charge in [-0.05, 0) is 57.1 Å². The quantitative estimate of drug-likeness (QED) is 0.401. The lowest BCUT2D eigenvalue weighted by atomic mass is 10.0. The maximum Gasteiger partial charge on any atom is 0.225 e. The van der Waals surface area contributed by atoms with E-state index in [0.29, 0.717) is 0 Å². The normalized spacial score (nSPS) is 22.3. The smallest absolute Gasteiger partial charge is 0.225 e. The van der Waals surface area contributed by atoms with Crippen LogP contribution in [-0.4, -0.2) is 52.0 Å². The lowest BCUT2D eigenvalue weighted by Gasteiger charge is -2.34. The number of nitrogens with one attached hydrogen (secondary N) is 4. The molecule has 3 aliphatic rings. The summed E-state index contributed by atoms with van der Waals surface area (Å²) in [4.78, 5) is 12.7. The number of aryl methyl sites for hydroxylation is 1. The van der Waals surface area contributed by atoms with E-state index in [1.165, 1.54) is 54.7 Å². The fourth-order valence-corrected chi connectivity index (χ4v) is 5.97. The van der Waals surface area contributed by atoms with Crippen molar-refractivity contribution < 1.29 is 0 Å². The van der Waals surface area contributed by atoms with Gasteiger partial charge in [-0.1, -0.05) is 43.2 Å². The highest BCUT2D eigenvalue weighted by Gasteiger charge is 2.28. The van der Waals surface area contributed by atoms with Gasteiger partial charge in [0.1, 0.15) is 5.82 Å². The number of benzene rings is 1. The lowest BCUT2D eigenvalue weighted by molar-refractivity contribution is 0.314. The summed E-state index contributed by atoms with van der Waals surface area (Å²) in [7, 11) is 0. The van der Waals surface area contributed by atoms with Gasteiger partial charge in [-0.15, -0.1) is 0 Å². The van der Waals surface area contributed by atoms with Crippen LogP contribution in [0.5, 0.6) is 0 Å². The summed E-state index contributed by atoms with van der Waals surface area (Å²) in [6.45, 7) is 3.98. The van der Waals surface area contributed by atoms with Crippen LogP contribution in [0.15, 0.2) is 36.5 Å². The van der Waals surface area contributed by atoms with E-state index in [-0.39, 0.29) is 12.2 Å². The summed E-state index contributed by atoms with van der Waals surface area (Å²) in [5.41, 5.74) is 6.06. The zero-order valence-corrected chi connectivity index (χ0v) is 21.1. The lowest BCUT2D eigenvalue weighted by Crippen LogP contribution is -2.56. The van der Waals surface area contributed by atoms with E-state index in [4.69, 9.17) is 9.97 Å². The number of hydrogen-bond donors (Lipinski definition) is 4. The van der Waals surface area contributed by atoms with Crippen LogP contribution in [0.4, 0.5) is 11.8 Å². The number of fused-ring (bicyclic) bond motifs is 1. The summed E-state index contributed by atoms with van der Waals surface area (Å²) in [5.74, 6) is 1.99. The van der Waals surface area contributed by atoms with Gasteiger partial charge in [-0.25, -0.2) is 4.98 Å². The molecular formula is C28H38N8. The first-order chi connectivity index (χ1) is 17.8. The van der Waals surface area contributed by atoms with Gasteiger partial charge in [-0.2, -0.15) is 10.1 Å². The molecule has 0 radical (unpaired) electrons. The molecule has 1 aliphatic carbocycles. The second-order valence-corrected chi connectivity index (χ2v) is 10.4. The summed E-state index contributed by atoms with van der Waals surface area (Å²) in [6.07, 6.45) is 12.9. The van der Waals surface area contributed by atoms with Crippen LogP contribution in [0, 0.1) is 0 Å². The molecule has 0 amide bonds. The van der Waals surface area contributed by atoms with E-state index in [2.05, 4.69) is 55.3 Å². The van der Waals surface area contributed by atoms with Crippen molar-refractivity contribution in [2.45, 2.75) is 76.5 Å². The molecule has 8 nitrogen and oxygen atoms in total. The van der Waals surface area contributed by atoms with Crippen LogP contribution in [0.1, 0.15) is 61.8 Å². The van der Waals surface area contributed by atoms with E-state index in [0.717, 1.165) is 69.1 Å². The van der Waals surface area contributed by atoms with E-state index in [1.807, 2.05) is 12.3 Å². The number of hydrogen-bond acceptors (Lipinski definition) is 7. The standard InChI is InChI=1S/C28H38N8/c1-2-7-17-36(16-6-1)27-22-12-8-13-23(22)32-28(34-27)33-24-14-9-15-29-26(24)30-18-21-19-31-35-25(21)20-10-4-3-5-11-20/h3-5,10-11,19,24,26,29-30H,1-2,6-9,12-18H2,(H,31,35)(H,32,33,34). The van der Waals surface area contributed by atoms with Gasteiger partial charge in [-0.3, -0.25) is 10.4 Å². The van der Waals surface area contributed by atoms with Gasteiger partial charge >= 0.3 is 0 Å². The van der Waals surface area contributed by atoms with Crippen molar-refractivity contribution in [3.05, 3.63) is 53.3 Å². The van der Waals surface area contributed by atoms with Crippen LogP contribution in [0.2, 0.25) is 0 Å². The van der Waals surface area contributed by atoms with Crippen molar-refractivity contribution in [1.82, 2.24) is 30.8 Å². The predicted octanol–water partition coefficient (Wildman–Crippen LogP) is 4.02. The van der Waals surface area contributed by atoms with Crippen molar-refractivity contribution in [3.8, 4) is 11.3 Å². The van der Waals surface area contributed by atoms with Gasteiger partial charge in [0.05, 0.1) is 29.8 Å². The van der Waals surface area contributed by atoms with E-state index < -0.39 is 0 Å². The van der Waals surface area contributed by atoms with Gasteiger partial charge in [0.2, 0.25) is 5.95 Å². The topological polar surface area (TPSA) is 93.8 Å². The van der Waals surface area contributed by atoms with E-state index in [9.17, 15) is 0 Å². The Balaban J connectivity index is 1.18. The molecule has 190 valence electrons. The van der Waals surface area contributed by atoms with Gasteiger partial charge in [0.25, 0.3) is 0 Å². The molecule has 3 aromatic rings. The molecule has 0 saturated carbocycles. The molecule has 4 heterocycles. The number of H-pyrrole nitrogens is 1. The van der Waals surface area contributed by atoms with Crippen molar-refractivity contribution >= 4 is 11.8 Å².